The topological polar surface area (TPSA) is 119 Å². The molecule has 0 bridgehead atoms. The summed E-state index contributed by atoms with van der Waals surface area (Å²) in [6.45, 7) is 1.65. The van der Waals surface area contributed by atoms with Crippen LogP contribution in [0.5, 0.6) is 17.2 Å². The van der Waals surface area contributed by atoms with Gasteiger partial charge in [-0.25, -0.2) is 9.59 Å². The maximum Gasteiger partial charge on any atom is 0.344 e. The van der Waals surface area contributed by atoms with Gasteiger partial charge in [0, 0.05) is 0 Å². The summed E-state index contributed by atoms with van der Waals surface area (Å²) in [7, 11) is 1.35. The molecule has 0 saturated heterocycles. The fraction of sp³-hybridized carbons (Fsp3) is 0.250. The van der Waals surface area contributed by atoms with Crippen LogP contribution in [-0.2, 0) is 4.79 Å². The second-order valence-corrected chi connectivity index (χ2v) is 5.03. The number of hydrogen-bond donors (Lipinski definition) is 2. The van der Waals surface area contributed by atoms with Crippen molar-refractivity contribution < 1.29 is 33.3 Å². The number of carboxylic acid groups (broad SMARTS) is 1. The van der Waals surface area contributed by atoms with Crippen LogP contribution in [0.1, 0.15) is 13.3 Å². The van der Waals surface area contributed by atoms with E-state index in [1.807, 2.05) is 0 Å². The summed E-state index contributed by atoms with van der Waals surface area (Å²) in [5, 5.41) is 19.9. The number of carbonyl (C=O) groups is 1. The molecule has 2 heterocycles. The van der Waals surface area contributed by atoms with Crippen molar-refractivity contribution in [3.05, 3.63) is 28.8 Å². The molecule has 2 aromatic heterocycles. The number of ether oxygens (including phenoxy) is 2. The van der Waals surface area contributed by atoms with Crippen LogP contribution in [0.3, 0.4) is 0 Å². The Kier molecular flexibility index (Phi) is 3.80. The van der Waals surface area contributed by atoms with E-state index in [1.165, 1.54) is 13.4 Å². The highest BCUT2D eigenvalue weighted by Crippen LogP contribution is 2.46. The van der Waals surface area contributed by atoms with Crippen molar-refractivity contribution in [3.8, 4) is 17.2 Å². The molecule has 3 rings (SSSR count). The molecule has 126 valence electrons. The number of aliphatic carboxylic acids is 1. The Morgan fingerprint density at radius 1 is 1.33 bits per heavy atom. The van der Waals surface area contributed by atoms with Gasteiger partial charge >= 0.3 is 11.6 Å². The van der Waals surface area contributed by atoms with Crippen LogP contribution in [0, 0.1) is 0 Å². The van der Waals surface area contributed by atoms with E-state index in [1.54, 1.807) is 13.0 Å². The lowest BCUT2D eigenvalue weighted by molar-refractivity contribution is -0.145. The van der Waals surface area contributed by atoms with Crippen molar-refractivity contribution in [2.24, 2.45) is 0 Å². The number of hydrogen-bond acceptors (Lipinski definition) is 7. The summed E-state index contributed by atoms with van der Waals surface area (Å²) in [5.41, 5.74) is -0.658. The predicted octanol–water partition coefficient (Wildman–Crippen LogP) is 2.50. The second kappa shape index (κ2) is 5.80. The van der Waals surface area contributed by atoms with Crippen molar-refractivity contribution in [3.63, 3.8) is 0 Å². The number of methoxy groups -OCH3 is 1. The zero-order valence-corrected chi connectivity index (χ0v) is 12.9. The number of carboxylic acids is 1. The van der Waals surface area contributed by atoms with Crippen molar-refractivity contribution in [1.82, 2.24) is 0 Å². The lowest BCUT2D eigenvalue weighted by Gasteiger charge is -2.17. The van der Waals surface area contributed by atoms with E-state index in [4.69, 9.17) is 18.3 Å². The fourth-order valence-electron chi connectivity index (χ4n) is 2.52. The zero-order valence-electron chi connectivity index (χ0n) is 12.9. The molecular formula is C16H14O8. The molecule has 1 aromatic carbocycles. The quantitative estimate of drug-likeness (QED) is 0.683. The molecule has 8 nitrogen and oxygen atoms in total. The maximum absolute atomic E-state index is 11.6. The van der Waals surface area contributed by atoms with E-state index in [0.29, 0.717) is 5.39 Å². The summed E-state index contributed by atoms with van der Waals surface area (Å²) < 4.78 is 21.3. The van der Waals surface area contributed by atoms with Gasteiger partial charge in [-0.15, -0.1) is 0 Å². The molecule has 0 spiro atoms. The molecule has 1 atom stereocenters. The number of rotatable bonds is 5. The van der Waals surface area contributed by atoms with Crippen LogP contribution >= 0.6 is 0 Å². The van der Waals surface area contributed by atoms with E-state index in [-0.39, 0.29) is 34.5 Å². The zero-order chi connectivity index (χ0) is 17.4. The number of furan rings is 1. The van der Waals surface area contributed by atoms with Crippen molar-refractivity contribution in [2.75, 3.05) is 7.11 Å². The highest BCUT2D eigenvalue weighted by atomic mass is 16.5. The summed E-state index contributed by atoms with van der Waals surface area (Å²) in [6, 6.07) is 2.42. The molecule has 1 unspecified atom stereocenters. The van der Waals surface area contributed by atoms with E-state index >= 15 is 0 Å². The molecule has 0 saturated carbocycles. The monoisotopic (exact) mass is 334 g/mol. The van der Waals surface area contributed by atoms with Gasteiger partial charge in [-0.3, -0.25) is 0 Å². The normalized spacial score (nSPS) is 12.4. The number of aromatic hydroxyl groups is 1. The maximum atomic E-state index is 11.6. The molecule has 0 radical (unpaired) electrons. The molecule has 8 heteroatoms. The SMILES string of the molecule is CCC(Oc1c2ccoc2c(OC)c2oc(=O)cc(O)c12)C(=O)O. The van der Waals surface area contributed by atoms with Gasteiger partial charge in [0.15, 0.2) is 17.3 Å². The Balaban J connectivity index is 2.43. The van der Waals surface area contributed by atoms with Gasteiger partial charge in [-0.2, -0.15) is 0 Å². The minimum Gasteiger partial charge on any atom is -0.507 e. The smallest absolute Gasteiger partial charge is 0.344 e. The largest absolute Gasteiger partial charge is 0.507 e. The van der Waals surface area contributed by atoms with Crippen LogP contribution in [0.15, 0.2) is 32.0 Å². The minimum atomic E-state index is -1.16. The van der Waals surface area contributed by atoms with Crippen LogP contribution in [-0.4, -0.2) is 29.4 Å². The van der Waals surface area contributed by atoms with E-state index in [0.717, 1.165) is 6.07 Å². The van der Waals surface area contributed by atoms with Crippen LogP contribution in [0.4, 0.5) is 0 Å². The highest BCUT2D eigenvalue weighted by Gasteiger charge is 2.27. The number of fused-ring (bicyclic) bond motifs is 2. The van der Waals surface area contributed by atoms with Gasteiger partial charge in [0.1, 0.15) is 16.9 Å². The summed E-state index contributed by atoms with van der Waals surface area (Å²) >= 11 is 0. The first-order chi connectivity index (χ1) is 11.5. The highest BCUT2D eigenvalue weighted by molar-refractivity contribution is 6.09. The first-order valence-electron chi connectivity index (χ1n) is 7.11. The van der Waals surface area contributed by atoms with Crippen LogP contribution < -0.4 is 15.1 Å². The molecule has 0 aliphatic carbocycles. The van der Waals surface area contributed by atoms with Gasteiger partial charge in [-0.05, 0) is 12.5 Å². The van der Waals surface area contributed by atoms with Crippen molar-refractivity contribution in [2.45, 2.75) is 19.4 Å². The molecule has 0 fully saturated rings. The van der Waals surface area contributed by atoms with Crippen molar-refractivity contribution in [1.29, 1.82) is 0 Å². The first kappa shape index (κ1) is 15.7. The second-order valence-electron chi connectivity index (χ2n) is 5.03. The van der Waals surface area contributed by atoms with Crippen molar-refractivity contribution >= 4 is 27.9 Å². The third kappa shape index (κ3) is 2.32. The lowest BCUT2D eigenvalue weighted by Crippen LogP contribution is -2.26. The Morgan fingerprint density at radius 3 is 2.71 bits per heavy atom. The molecule has 0 aliphatic rings. The summed E-state index contributed by atoms with van der Waals surface area (Å²) in [6.07, 6.45) is 0.404. The average molecular weight is 334 g/mol. The fourth-order valence-corrected chi connectivity index (χ4v) is 2.52. The van der Waals surface area contributed by atoms with E-state index in [9.17, 15) is 19.8 Å². The van der Waals surface area contributed by atoms with Gasteiger partial charge in [0.25, 0.3) is 0 Å². The summed E-state index contributed by atoms with van der Waals surface area (Å²) in [5.74, 6) is -1.41. The predicted molar refractivity (Wildman–Crippen MR) is 82.8 cm³/mol. The Morgan fingerprint density at radius 2 is 2.08 bits per heavy atom. The third-order valence-corrected chi connectivity index (χ3v) is 3.60. The van der Waals surface area contributed by atoms with E-state index in [2.05, 4.69) is 0 Å². The van der Waals surface area contributed by atoms with Gasteiger partial charge in [-0.1, -0.05) is 6.92 Å². The minimum absolute atomic E-state index is 0.0417. The third-order valence-electron chi connectivity index (χ3n) is 3.60. The Hall–Kier alpha value is -3.16. The average Bonchev–Trinajstić information content (AvgIpc) is 3.00. The van der Waals surface area contributed by atoms with Gasteiger partial charge < -0.3 is 28.5 Å². The molecule has 0 amide bonds. The lowest BCUT2D eigenvalue weighted by atomic mass is 10.1. The summed E-state index contributed by atoms with van der Waals surface area (Å²) in [4.78, 5) is 22.9. The van der Waals surface area contributed by atoms with Crippen LogP contribution in [0.2, 0.25) is 0 Å². The molecule has 0 aliphatic heterocycles. The molecule has 2 N–H and O–H groups in total. The van der Waals surface area contributed by atoms with Gasteiger partial charge in [0.2, 0.25) is 5.75 Å². The van der Waals surface area contributed by atoms with E-state index < -0.39 is 23.4 Å². The molecular weight excluding hydrogens is 320 g/mol. The Labute approximate surface area is 134 Å². The number of benzene rings is 1. The Bertz CT molecular complexity index is 981. The first-order valence-corrected chi connectivity index (χ1v) is 7.11. The molecule has 24 heavy (non-hydrogen) atoms. The standard InChI is InChI=1S/C16H14O8/c1-3-9(16(19)20)23-12-7-4-5-22-13(7)15(21-2)14-11(12)8(17)6-10(18)24-14/h4-6,9,17H,3H2,1-2H3,(H,19,20). The van der Waals surface area contributed by atoms with Gasteiger partial charge in [0.05, 0.1) is 24.8 Å². The van der Waals surface area contributed by atoms with Crippen LogP contribution in [0.25, 0.3) is 21.9 Å². The molecule has 3 aromatic rings.